The first kappa shape index (κ1) is 22.4. The van der Waals surface area contributed by atoms with Gasteiger partial charge in [0.25, 0.3) is 0 Å². The molecule has 4 fully saturated rings. The SMILES string of the molecule is COC(=O)[C@@H](CCSC)NC(=O)[C@@H](NC(=O)C12CC3CC(CC(C3)C1)C2)C(C)C. The number of rotatable bonds is 9. The van der Waals surface area contributed by atoms with Crippen LogP contribution in [0.15, 0.2) is 0 Å². The zero-order valence-corrected chi connectivity index (χ0v) is 19.0. The zero-order valence-electron chi connectivity index (χ0n) is 18.2. The Hall–Kier alpha value is -1.24. The number of nitrogens with one attached hydrogen (secondary N) is 2. The maximum Gasteiger partial charge on any atom is 0.328 e. The Kier molecular flexibility index (Phi) is 7.18. The first-order valence-corrected chi connectivity index (χ1v) is 12.4. The van der Waals surface area contributed by atoms with Crippen LogP contribution < -0.4 is 10.6 Å². The molecule has 0 aromatic heterocycles. The number of thioether (sulfide) groups is 1. The largest absolute Gasteiger partial charge is 0.467 e. The summed E-state index contributed by atoms with van der Waals surface area (Å²) in [5, 5.41) is 5.90. The van der Waals surface area contributed by atoms with Gasteiger partial charge in [0.15, 0.2) is 0 Å². The van der Waals surface area contributed by atoms with E-state index in [-0.39, 0.29) is 23.1 Å². The minimum absolute atomic E-state index is 0.0455. The normalized spacial score (nSPS) is 32.0. The second kappa shape index (κ2) is 9.27. The van der Waals surface area contributed by atoms with Gasteiger partial charge in [-0.25, -0.2) is 4.79 Å². The summed E-state index contributed by atoms with van der Waals surface area (Å²) >= 11 is 1.61. The van der Waals surface area contributed by atoms with Gasteiger partial charge in [0.1, 0.15) is 12.1 Å². The van der Waals surface area contributed by atoms with E-state index in [0.29, 0.717) is 24.2 Å². The van der Waals surface area contributed by atoms with Gasteiger partial charge in [-0.3, -0.25) is 9.59 Å². The van der Waals surface area contributed by atoms with E-state index in [1.54, 1.807) is 11.8 Å². The predicted molar refractivity (Wildman–Crippen MR) is 114 cm³/mol. The maximum atomic E-state index is 13.4. The lowest BCUT2D eigenvalue weighted by Crippen LogP contribution is -2.59. The molecule has 2 atom stereocenters. The Morgan fingerprint density at radius 3 is 2.03 bits per heavy atom. The van der Waals surface area contributed by atoms with Crippen LogP contribution in [0.5, 0.6) is 0 Å². The van der Waals surface area contributed by atoms with E-state index in [2.05, 4.69) is 10.6 Å². The van der Waals surface area contributed by atoms with Gasteiger partial charge < -0.3 is 15.4 Å². The van der Waals surface area contributed by atoms with Crippen LogP contribution in [0.2, 0.25) is 0 Å². The molecule has 0 unspecified atom stereocenters. The summed E-state index contributed by atoms with van der Waals surface area (Å²) in [7, 11) is 1.33. The van der Waals surface area contributed by atoms with Crippen molar-refractivity contribution in [1.82, 2.24) is 10.6 Å². The van der Waals surface area contributed by atoms with Crippen molar-refractivity contribution in [2.75, 3.05) is 19.1 Å². The Morgan fingerprint density at radius 1 is 1.03 bits per heavy atom. The average molecular weight is 425 g/mol. The summed E-state index contributed by atoms with van der Waals surface area (Å²) in [5.41, 5.74) is -0.289. The van der Waals surface area contributed by atoms with Crippen LogP contribution in [-0.4, -0.2) is 49.0 Å². The van der Waals surface area contributed by atoms with Gasteiger partial charge in [-0.05, 0) is 80.6 Å². The fourth-order valence-electron chi connectivity index (χ4n) is 6.11. The topological polar surface area (TPSA) is 84.5 Å². The highest BCUT2D eigenvalue weighted by Crippen LogP contribution is 2.60. The van der Waals surface area contributed by atoms with Crippen molar-refractivity contribution in [3.8, 4) is 0 Å². The highest BCUT2D eigenvalue weighted by atomic mass is 32.2. The predicted octanol–water partition coefficient (Wildman–Crippen LogP) is 2.75. The second-order valence-electron chi connectivity index (χ2n) is 9.76. The van der Waals surface area contributed by atoms with Crippen LogP contribution in [0, 0.1) is 29.1 Å². The Bertz CT molecular complexity index is 601. The van der Waals surface area contributed by atoms with Gasteiger partial charge in [0.2, 0.25) is 11.8 Å². The summed E-state index contributed by atoms with van der Waals surface area (Å²) < 4.78 is 4.85. The lowest BCUT2D eigenvalue weighted by Gasteiger charge is -2.55. The van der Waals surface area contributed by atoms with Crippen molar-refractivity contribution in [2.24, 2.45) is 29.1 Å². The van der Waals surface area contributed by atoms with E-state index in [9.17, 15) is 14.4 Å². The number of esters is 1. The van der Waals surface area contributed by atoms with E-state index in [1.165, 1.54) is 26.4 Å². The third-order valence-corrected chi connectivity index (χ3v) is 7.81. The molecule has 0 aliphatic heterocycles. The Labute approximate surface area is 178 Å². The Balaban J connectivity index is 1.67. The molecule has 29 heavy (non-hydrogen) atoms. The summed E-state index contributed by atoms with van der Waals surface area (Å²) in [6.07, 6.45) is 9.19. The number of hydrogen-bond acceptors (Lipinski definition) is 5. The number of carbonyl (C=O) groups is 3. The molecule has 4 bridgehead atoms. The average Bonchev–Trinajstić information content (AvgIpc) is 2.66. The molecule has 4 rings (SSSR count). The van der Waals surface area contributed by atoms with Crippen molar-refractivity contribution in [3.05, 3.63) is 0 Å². The van der Waals surface area contributed by atoms with Crippen LogP contribution in [0.25, 0.3) is 0 Å². The van der Waals surface area contributed by atoms with Crippen molar-refractivity contribution in [1.29, 1.82) is 0 Å². The smallest absolute Gasteiger partial charge is 0.328 e. The first-order chi connectivity index (χ1) is 13.8. The van der Waals surface area contributed by atoms with Gasteiger partial charge in [0, 0.05) is 5.41 Å². The monoisotopic (exact) mass is 424 g/mol. The highest BCUT2D eigenvalue weighted by molar-refractivity contribution is 7.98. The lowest BCUT2D eigenvalue weighted by molar-refractivity contribution is -0.149. The molecule has 164 valence electrons. The molecule has 4 aliphatic carbocycles. The van der Waals surface area contributed by atoms with E-state index in [1.807, 2.05) is 20.1 Å². The molecule has 4 saturated carbocycles. The third-order valence-electron chi connectivity index (χ3n) is 7.17. The van der Waals surface area contributed by atoms with Crippen molar-refractivity contribution in [2.45, 2.75) is 70.9 Å². The van der Waals surface area contributed by atoms with E-state index < -0.39 is 18.1 Å². The summed E-state index contributed by atoms with van der Waals surface area (Å²) in [6, 6.07) is -1.32. The van der Waals surface area contributed by atoms with Crippen LogP contribution in [0.1, 0.15) is 58.8 Å². The van der Waals surface area contributed by atoms with Gasteiger partial charge in [-0.15, -0.1) is 0 Å². The van der Waals surface area contributed by atoms with E-state index in [4.69, 9.17) is 4.74 Å². The van der Waals surface area contributed by atoms with Crippen molar-refractivity contribution >= 4 is 29.5 Å². The van der Waals surface area contributed by atoms with Crippen LogP contribution in [0.3, 0.4) is 0 Å². The molecule has 0 spiro atoms. The van der Waals surface area contributed by atoms with Crippen LogP contribution in [0.4, 0.5) is 0 Å². The molecule has 0 saturated heterocycles. The van der Waals surface area contributed by atoms with E-state index in [0.717, 1.165) is 25.0 Å². The molecular formula is C22H36N2O4S. The van der Waals surface area contributed by atoms with Crippen LogP contribution >= 0.6 is 11.8 Å². The standard InChI is InChI=1S/C22H36N2O4S/c1-13(2)18(19(25)23-17(5-6-29-4)20(26)28-3)24-21(27)22-10-14-7-15(11-22)9-16(8-14)12-22/h13-18H,5-12H2,1-4H3,(H,23,25)(H,24,27)/t14?,15?,16?,17-,18+,22?/m1/s1. The molecule has 2 N–H and O–H groups in total. The van der Waals surface area contributed by atoms with Gasteiger partial charge in [-0.2, -0.15) is 11.8 Å². The second-order valence-corrected chi connectivity index (χ2v) is 10.7. The fraction of sp³-hybridized carbons (Fsp3) is 0.864. The lowest BCUT2D eigenvalue weighted by atomic mass is 9.49. The molecule has 0 heterocycles. The molecule has 7 heteroatoms. The maximum absolute atomic E-state index is 13.4. The summed E-state index contributed by atoms with van der Waals surface area (Å²) in [6.45, 7) is 3.86. The first-order valence-electron chi connectivity index (χ1n) is 11.0. The van der Waals surface area contributed by atoms with Crippen molar-refractivity contribution < 1.29 is 19.1 Å². The van der Waals surface area contributed by atoms with Gasteiger partial charge in [-0.1, -0.05) is 13.8 Å². The van der Waals surface area contributed by atoms with Gasteiger partial charge in [0.05, 0.1) is 7.11 Å². The fourth-order valence-corrected chi connectivity index (χ4v) is 6.58. The molecular weight excluding hydrogens is 388 g/mol. The summed E-state index contributed by atoms with van der Waals surface area (Å²) in [4.78, 5) is 38.4. The molecule has 0 aromatic carbocycles. The third kappa shape index (κ3) is 4.92. The minimum atomic E-state index is -0.683. The van der Waals surface area contributed by atoms with Crippen LogP contribution in [-0.2, 0) is 19.1 Å². The zero-order chi connectivity index (χ0) is 21.2. The number of amides is 2. The molecule has 2 amide bonds. The van der Waals surface area contributed by atoms with E-state index >= 15 is 0 Å². The molecule has 0 radical (unpaired) electrons. The number of hydrogen-bond donors (Lipinski definition) is 2. The quantitative estimate of drug-likeness (QED) is 0.556. The summed E-state index contributed by atoms with van der Waals surface area (Å²) in [5.74, 6) is 2.01. The highest BCUT2D eigenvalue weighted by Gasteiger charge is 2.55. The molecule has 0 aromatic rings. The minimum Gasteiger partial charge on any atom is -0.467 e. The number of carbonyl (C=O) groups excluding carboxylic acids is 3. The Morgan fingerprint density at radius 2 is 1.59 bits per heavy atom. The number of methoxy groups -OCH3 is 1. The molecule has 4 aliphatic rings. The van der Waals surface area contributed by atoms with Crippen molar-refractivity contribution in [3.63, 3.8) is 0 Å². The van der Waals surface area contributed by atoms with Gasteiger partial charge >= 0.3 is 5.97 Å². The number of ether oxygens (including phenoxy) is 1. The molecule has 6 nitrogen and oxygen atoms in total.